The normalized spacial score (nSPS) is 18.5. The number of thiazole rings is 1. The smallest absolute Gasteiger partial charge is 0.0798 e. The molecule has 1 fully saturated rings. The largest absolute Gasteiger partial charge is 0.381 e. The Morgan fingerprint density at radius 2 is 2.14 bits per heavy atom. The minimum Gasteiger partial charge on any atom is -0.381 e. The Morgan fingerprint density at radius 3 is 2.81 bits per heavy atom. The zero-order chi connectivity index (χ0) is 14.5. The van der Waals surface area contributed by atoms with Gasteiger partial charge in [-0.3, -0.25) is 4.90 Å². The van der Waals surface area contributed by atoms with Crippen LogP contribution in [0.15, 0.2) is 35.8 Å². The summed E-state index contributed by atoms with van der Waals surface area (Å²) < 4.78 is 5.53. The molecule has 0 amide bonds. The first-order chi connectivity index (χ1) is 10.3. The molecule has 1 aliphatic heterocycles. The van der Waals surface area contributed by atoms with Gasteiger partial charge in [-0.1, -0.05) is 30.3 Å². The van der Waals surface area contributed by atoms with E-state index in [1.165, 1.54) is 22.6 Å². The van der Waals surface area contributed by atoms with Crippen LogP contribution in [0.5, 0.6) is 0 Å². The molecule has 0 N–H and O–H groups in total. The second-order valence-corrected chi connectivity index (χ2v) is 6.69. The van der Waals surface area contributed by atoms with Crippen molar-refractivity contribution in [3.05, 3.63) is 52.0 Å². The average molecular weight is 302 g/mol. The Hall–Kier alpha value is -1.23. The number of aryl methyl sites for hydroxylation is 1. The SMILES string of the molecule is Cc1ncsc1CN(Cc1ccccc1)C[C@H]1CCOC1. The molecule has 4 heteroatoms. The maximum absolute atomic E-state index is 5.53. The maximum Gasteiger partial charge on any atom is 0.0798 e. The van der Waals surface area contributed by atoms with Crippen LogP contribution in [0.1, 0.15) is 22.6 Å². The highest BCUT2D eigenvalue weighted by molar-refractivity contribution is 7.09. The number of nitrogens with zero attached hydrogens (tertiary/aromatic N) is 2. The van der Waals surface area contributed by atoms with Gasteiger partial charge < -0.3 is 4.74 Å². The molecule has 0 bridgehead atoms. The molecule has 0 radical (unpaired) electrons. The van der Waals surface area contributed by atoms with Crippen molar-refractivity contribution in [3.8, 4) is 0 Å². The van der Waals surface area contributed by atoms with Crippen molar-refractivity contribution in [1.29, 1.82) is 0 Å². The van der Waals surface area contributed by atoms with E-state index in [-0.39, 0.29) is 0 Å². The van der Waals surface area contributed by atoms with Gasteiger partial charge in [-0.2, -0.15) is 0 Å². The standard InChI is InChI=1S/C17H22N2OS/c1-14-17(21-13-18-14)11-19(10-16-7-8-20-12-16)9-15-5-3-2-4-6-15/h2-6,13,16H,7-12H2,1H3/t16-/m1/s1. The van der Waals surface area contributed by atoms with E-state index in [4.69, 9.17) is 4.74 Å². The van der Waals surface area contributed by atoms with Gasteiger partial charge in [0, 0.05) is 31.1 Å². The predicted molar refractivity (Wildman–Crippen MR) is 86.3 cm³/mol. The lowest BCUT2D eigenvalue weighted by atomic mass is 10.1. The molecular formula is C17H22N2OS. The number of benzene rings is 1. The van der Waals surface area contributed by atoms with Gasteiger partial charge in [0.15, 0.2) is 0 Å². The molecule has 21 heavy (non-hydrogen) atoms. The lowest BCUT2D eigenvalue weighted by Gasteiger charge is -2.24. The van der Waals surface area contributed by atoms with Crippen molar-refractivity contribution in [3.63, 3.8) is 0 Å². The highest BCUT2D eigenvalue weighted by Crippen LogP contribution is 2.20. The van der Waals surface area contributed by atoms with Crippen LogP contribution in [0.25, 0.3) is 0 Å². The first kappa shape index (κ1) is 14.7. The second-order valence-electron chi connectivity index (χ2n) is 5.75. The van der Waals surface area contributed by atoms with Gasteiger partial charge in [0.25, 0.3) is 0 Å². The molecule has 1 saturated heterocycles. The fourth-order valence-electron chi connectivity index (χ4n) is 2.80. The molecule has 112 valence electrons. The van der Waals surface area contributed by atoms with Gasteiger partial charge >= 0.3 is 0 Å². The number of rotatable bonds is 6. The Morgan fingerprint density at radius 1 is 1.29 bits per heavy atom. The molecule has 2 heterocycles. The summed E-state index contributed by atoms with van der Waals surface area (Å²) in [6.07, 6.45) is 1.19. The molecule has 1 aromatic carbocycles. The summed E-state index contributed by atoms with van der Waals surface area (Å²) in [4.78, 5) is 8.29. The molecule has 0 saturated carbocycles. The van der Waals surface area contributed by atoms with Crippen LogP contribution in [0.3, 0.4) is 0 Å². The van der Waals surface area contributed by atoms with Crippen LogP contribution in [0.4, 0.5) is 0 Å². The lowest BCUT2D eigenvalue weighted by molar-refractivity contribution is 0.162. The number of hydrogen-bond acceptors (Lipinski definition) is 4. The van der Waals surface area contributed by atoms with Crippen LogP contribution in [0.2, 0.25) is 0 Å². The Labute approximate surface area is 130 Å². The predicted octanol–water partition coefficient (Wildman–Crippen LogP) is 3.49. The first-order valence-corrected chi connectivity index (χ1v) is 8.42. The van der Waals surface area contributed by atoms with Crippen molar-refractivity contribution in [2.24, 2.45) is 5.92 Å². The van der Waals surface area contributed by atoms with E-state index >= 15 is 0 Å². The zero-order valence-electron chi connectivity index (χ0n) is 12.5. The summed E-state index contributed by atoms with van der Waals surface area (Å²) in [5.74, 6) is 0.668. The van der Waals surface area contributed by atoms with Crippen molar-refractivity contribution >= 4 is 11.3 Å². The van der Waals surface area contributed by atoms with E-state index in [9.17, 15) is 0 Å². The van der Waals surface area contributed by atoms with Crippen LogP contribution in [0, 0.1) is 12.8 Å². The Kier molecular flexibility index (Phi) is 5.01. The average Bonchev–Trinajstić information content (AvgIpc) is 3.13. The van der Waals surface area contributed by atoms with Crippen molar-refractivity contribution in [2.45, 2.75) is 26.4 Å². The molecule has 0 aliphatic carbocycles. The van der Waals surface area contributed by atoms with Crippen LogP contribution < -0.4 is 0 Å². The fourth-order valence-corrected chi connectivity index (χ4v) is 3.62. The first-order valence-electron chi connectivity index (χ1n) is 7.54. The van der Waals surface area contributed by atoms with E-state index in [2.05, 4.69) is 47.1 Å². The summed E-state index contributed by atoms with van der Waals surface area (Å²) in [6.45, 7) is 7.02. The maximum atomic E-state index is 5.53. The summed E-state index contributed by atoms with van der Waals surface area (Å²) in [5, 5.41) is 0. The van der Waals surface area contributed by atoms with Crippen LogP contribution >= 0.6 is 11.3 Å². The molecule has 2 aromatic rings. The monoisotopic (exact) mass is 302 g/mol. The van der Waals surface area contributed by atoms with Gasteiger partial charge in [0.2, 0.25) is 0 Å². The Balaban J connectivity index is 1.69. The second kappa shape index (κ2) is 7.16. The highest BCUT2D eigenvalue weighted by atomic mass is 32.1. The summed E-state index contributed by atoms with van der Waals surface area (Å²) in [7, 11) is 0. The minimum atomic E-state index is 0.668. The van der Waals surface area contributed by atoms with Gasteiger partial charge in [0.05, 0.1) is 17.8 Å². The third-order valence-corrected chi connectivity index (χ3v) is 4.92. The molecule has 3 nitrogen and oxygen atoms in total. The quantitative estimate of drug-likeness (QED) is 0.817. The van der Waals surface area contributed by atoms with Crippen LogP contribution in [-0.4, -0.2) is 29.6 Å². The summed E-state index contributed by atoms with van der Waals surface area (Å²) >= 11 is 1.76. The van der Waals surface area contributed by atoms with Crippen molar-refractivity contribution in [2.75, 3.05) is 19.8 Å². The molecule has 3 rings (SSSR count). The third-order valence-electron chi connectivity index (χ3n) is 4.00. The van der Waals surface area contributed by atoms with Gasteiger partial charge in [-0.15, -0.1) is 11.3 Å². The third kappa shape index (κ3) is 4.13. The molecule has 0 spiro atoms. The summed E-state index contributed by atoms with van der Waals surface area (Å²) in [5.41, 5.74) is 4.49. The molecule has 1 aromatic heterocycles. The number of hydrogen-bond donors (Lipinski definition) is 0. The molecule has 0 unspecified atom stereocenters. The van der Waals surface area contributed by atoms with E-state index < -0.39 is 0 Å². The van der Waals surface area contributed by atoms with Gasteiger partial charge in [-0.25, -0.2) is 4.98 Å². The molecular weight excluding hydrogens is 280 g/mol. The van der Waals surface area contributed by atoms with E-state index in [0.29, 0.717) is 5.92 Å². The Bertz CT molecular complexity index is 549. The van der Waals surface area contributed by atoms with E-state index in [1.807, 2.05) is 5.51 Å². The lowest BCUT2D eigenvalue weighted by Crippen LogP contribution is -2.29. The number of aromatic nitrogens is 1. The van der Waals surface area contributed by atoms with Crippen LogP contribution in [-0.2, 0) is 17.8 Å². The minimum absolute atomic E-state index is 0.668. The highest BCUT2D eigenvalue weighted by Gasteiger charge is 2.20. The zero-order valence-corrected chi connectivity index (χ0v) is 13.3. The topological polar surface area (TPSA) is 25.4 Å². The van der Waals surface area contributed by atoms with E-state index in [0.717, 1.165) is 32.8 Å². The van der Waals surface area contributed by atoms with E-state index in [1.54, 1.807) is 11.3 Å². The van der Waals surface area contributed by atoms with Crippen molar-refractivity contribution in [1.82, 2.24) is 9.88 Å². The fraction of sp³-hybridized carbons (Fsp3) is 0.471. The summed E-state index contributed by atoms with van der Waals surface area (Å²) in [6, 6.07) is 10.7. The van der Waals surface area contributed by atoms with Crippen molar-refractivity contribution < 1.29 is 4.74 Å². The number of ether oxygens (including phenoxy) is 1. The molecule has 1 aliphatic rings. The van der Waals surface area contributed by atoms with Gasteiger partial charge in [0.1, 0.15) is 0 Å². The van der Waals surface area contributed by atoms with Gasteiger partial charge in [-0.05, 0) is 24.8 Å². The molecule has 1 atom stereocenters.